The first-order valence-electron chi connectivity index (χ1n) is 9.59. The minimum absolute atomic E-state index is 0.0611. The highest BCUT2D eigenvalue weighted by atomic mass is 16.2. The van der Waals surface area contributed by atoms with Crippen molar-refractivity contribution in [3.05, 3.63) is 30.4 Å². The quantitative estimate of drug-likeness (QED) is 0.622. The summed E-state index contributed by atoms with van der Waals surface area (Å²) in [5.74, 6) is 0.813. The summed E-state index contributed by atoms with van der Waals surface area (Å²) in [5.41, 5.74) is 9.75. The van der Waals surface area contributed by atoms with Crippen LogP contribution in [0.5, 0.6) is 0 Å². The van der Waals surface area contributed by atoms with Gasteiger partial charge in [-0.2, -0.15) is 14.7 Å². The number of nitrogens with two attached hydrogens (primary N) is 1. The van der Waals surface area contributed by atoms with Crippen molar-refractivity contribution in [3.63, 3.8) is 0 Å². The molecule has 4 N–H and O–H groups in total. The van der Waals surface area contributed by atoms with Gasteiger partial charge in [0.15, 0.2) is 5.65 Å². The highest BCUT2D eigenvalue weighted by molar-refractivity contribution is 5.82. The van der Waals surface area contributed by atoms with Crippen molar-refractivity contribution in [2.24, 2.45) is 7.05 Å². The molecule has 0 aromatic carbocycles. The van der Waals surface area contributed by atoms with Gasteiger partial charge in [0.2, 0.25) is 5.91 Å². The van der Waals surface area contributed by atoms with Crippen molar-refractivity contribution >= 4 is 17.4 Å². The van der Waals surface area contributed by atoms with Crippen LogP contribution in [0.2, 0.25) is 0 Å². The smallest absolute Gasteiger partial charge is 0.237 e. The van der Waals surface area contributed by atoms with Crippen LogP contribution < -0.4 is 16.4 Å². The molecule has 28 heavy (non-hydrogen) atoms. The molecule has 1 saturated heterocycles. The molecule has 4 rings (SSSR count). The van der Waals surface area contributed by atoms with E-state index in [2.05, 4.69) is 20.8 Å². The zero-order chi connectivity index (χ0) is 19.8. The van der Waals surface area contributed by atoms with Crippen molar-refractivity contribution in [3.8, 4) is 11.1 Å². The van der Waals surface area contributed by atoms with Gasteiger partial charge in [-0.25, -0.2) is 4.98 Å². The van der Waals surface area contributed by atoms with E-state index in [9.17, 15) is 4.79 Å². The lowest BCUT2D eigenvalue weighted by Crippen LogP contribution is -2.50. The number of fused-ring (bicyclic) bond motifs is 1. The molecule has 0 unspecified atom stereocenters. The molecule has 2 atom stereocenters. The first-order valence-corrected chi connectivity index (χ1v) is 9.59. The standard InChI is InChI=1S/C19H26N8O/c1-11(2)24-19(28)15-5-4-12(7-21-15)16-6-17(20)27-18(25-16)14(9-23-27)13-8-22-26(3)10-13/h6,8-12,15,21H,4-5,7,20H2,1-3H3,(H,24,28)/t12-,15-/m0/s1. The third-order valence-electron chi connectivity index (χ3n) is 5.12. The summed E-state index contributed by atoms with van der Waals surface area (Å²) in [5, 5.41) is 14.9. The average molecular weight is 382 g/mol. The van der Waals surface area contributed by atoms with Crippen molar-refractivity contribution < 1.29 is 4.79 Å². The predicted octanol–water partition coefficient (Wildman–Crippen LogP) is 1.07. The lowest BCUT2D eigenvalue weighted by Gasteiger charge is -2.29. The van der Waals surface area contributed by atoms with E-state index in [1.54, 1.807) is 21.6 Å². The Morgan fingerprint density at radius 1 is 1.32 bits per heavy atom. The van der Waals surface area contributed by atoms with E-state index in [0.717, 1.165) is 35.3 Å². The van der Waals surface area contributed by atoms with E-state index in [-0.39, 0.29) is 23.9 Å². The van der Waals surface area contributed by atoms with Crippen LogP contribution in [0.1, 0.15) is 38.3 Å². The lowest BCUT2D eigenvalue weighted by molar-refractivity contribution is -0.124. The topological polar surface area (TPSA) is 115 Å². The molecule has 9 heteroatoms. The number of aromatic nitrogens is 5. The monoisotopic (exact) mass is 382 g/mol. The Morgan fingerprint density at radius 2 is 2.14 bits per heavy atom. The Labute approximate surface area is 163 Å². The first-order chi connectivity index (χ1) is 13.4. The molecule has 1 amide bonds. The molecule has 3 aromatic rings. The molecule has 148 valence electrons. The van der Waals surface area contributed by atoms with Gasteiger partial charge in [0.25, 0.3) is 0 Å². The number of nitrogen functional groups attached to an aromatic ring is 1. The van der Waals surface area contributed by atoms with Crippen LogP contribution in [0.25, 0.3) is 16.8 Å². The number of aryl methyl sites for hydroxylation is 1. The Hall–Kier alpha value is -2.94. The minimum Gasteiger partial charge on any atom is -0.384 e. The molecule has 4 heterocycles. The molecule has 1 aliphatic rings. The van der Waals surface area contributed by atoms with Crippen molar-refractivity contribution in [2.45, 2.75) is 44.7 Å². The number of anilines is 1. The number of hydrogen-bond donors (Lipinski definition) is 3. The number of carbonyl (C=O) groups is 1. The summed E-state index contributed by atoms with van der Waals surface area (Å²) in [6, 6.07) is 1.87. The summed E-state index contributed by atoms with van der Waals surface area (Å²) in [6.07, 6.45) is 7.14. The zero-order valence-corrected chi connectivity index (χ0v) is 16.4. The van der Waals surface area contributed by atoms with Crippen molar-refractivity contribution in [2.75, 3.05) is 12.3 Å². The SMILES string of the molecule is CC(C)NC(=O)[C@@H]1CC[C@H](c2cc(N)n3ncc(-c4cnn(C)c4)c3n2)CN1. The van der Waals surface area contributed by atoms with E-state index in [1.807, 2.05) is 33.2 Å². The number of nitrogens with zero attached hydrogens (tertiary/aromatic N) is 5. The highest BCUT2D eigenvalue weighted by Gasteiger charge is 2.28. The maximum Gasteiger partial charge on any atom is 0.237 e. The van der Waals surface area contributed by atoms with Crippen LogP contribution in [-0.2, 0) is 11.8 Å². The second-order valence-electron chi connectivity index (χ2n) is 7.70. The van der Waals surface area contributed by atoms with Crippen molar-refractivity contribution in [1.29, 1.82) is 0 Å². The fourth-order valence-electron chi connectivity index (χ4n) is 3.70. The van der Waals surface area contributed by atoms with Gasteiger partial charge in [0.05, 0.1) is 24.1 Å². The van der Waals surface area contributed by atoms with Gasteiger partial charge in [-0.1, -0.05) is 0 Å². The molecule has 3 aromatic heterocycles. The molecule has 0 saturated carbocycles. The molecule has 1 aliphatic heterocycles. The fraction of sp³-hybridized carbons (Fsp3) is 0.474. The van der Waals surface area contributed by atoms with Gasteiger partial charge in [0.1, 0.15) is 5.82 Å². The number of carbonyl (C=O) groups excluding carboxylic acids is 1. The van der Waals surface area contributed by atoms with E-state index in [1.165, 1.54) is 0 Å². The maximum absolute atomic E-state index is 12.2. The second kappa shape index (κ2) is 7.23. The van der Waals surface area contributed by atoms with Crippen molar-refractivity contribution in [1.82, 2.24) is 35.0 Å². The minimum atomic E-state index is -0.152. The van der Waals surface area contributed by atoms with E-state index in [4.69, 9.17) is 10.7 Å². The Kier molecular flexibility index (Phi) is 4.76. The van der Waals surface area contributed by atoms with Crippen LogP contribution in [-0.4, -0.2) is 48.9 Å². The summed E-state index contributed by atoms with van der Waals surface area (Å²) >= 11 is 0. The number of hydrogen-bond acceptors (Lipinski definition) is 6. The third-order valence-corrected chi connectivity index (χ3v) is 5.12. The van der Waals surface area contributed by atoms with Gasteiger partial charge >= 0.3 is 0 Å². The first kappa shape index (κ1) is 18.4. The zero-order valence-electron chi connectivity index (χ0n) is 16.4. The Bertz CT molecular complexity index is 997. The van der Waals surface area contributed by atoms with Gasteiger partial charge in [-0.3, -0.25) is 9.48 Å². The maximum atomic E-state index is 12.2. The molecule has 0 radical (unpaired) electrons. The predicted molar refractivity (Wildman–Crippen MR) is 107 cm³/mol. The van der Waals surface area contributed by atoms with Crippen LogP contribution in [0.4, 0.5) is 5.82 Å². The van der Waals surface area contributed by atoms with Crippen LogP contribution >= 0.6 is 0 Å². The summed E-state index contributed by atoms with van der Waals surface area (Å²) in [4.78, 5) is 17.1. The van der Waals surface area contributed by atoms with Gasteiger partial charge in [0, 0.05) is 48.9 Å². The Morgan fingerprint density at radius 3 is 2.79 bits per heavy atom. The number of nitrogens with one attached hydrogen (secondary N) is 2. The van der Waals surface area contributed by atoms with E-state index in [0.29, 0.717) is 12.4 Å². The van der Waals surface area contributed by atoms with E-state index >= 15 is 0 Å². The van der Waals surface area contributed by atoms with Crippen LogP contribution in [0.3, 0.4) is 0 Å². The number of amides is 1. The number of piperidine rings is 1. The third kappa shape index (κ3) is 3.45. The fourth-order valence-corrected chi connectivity index (χ4v) is 3.70. The van der Waals surface area contributed by atoms with Gasteiger partial charge < -0.3 is 16.4 Å². The molecule has 1 fully saturated rings. The van der Waals surface area contributed by atoms with Gasteiger partial charge in [-0.15, -0.1) is 0 Å². The molecule has 0 spiro atoms. The Balaban J connectivity index is 1.57. The van der Waals surface area contributed by atoms with Crippen LogP contribution in [0, 0.1) is 0 Å². The molecule has 9 nitrogen and oxygen atoms in total. The van der Waals surface area contributed by atoms with Gasteiger partial charge in [-0.05, 0) is 26.7 Å². The van der Waals surface area contributed by atoms with Crippen LogP contribution in [0.15, 0.2) is 24.7 Å². The highest BCUT2D eigenvalue weighted by Crippen LogP contribution is 2.29. The summed E-state index contributed by atoms with van der Waals surface area (Å²) < 4.78 is 3.40. The second-order valence-corrected chi connectivity index (χ2v) is 7.70. The largest absolute Gasteiger partial charge is 0.384 e. The van der Waals surface area contributed by atoms with E-state index < -0.39 is 0 Å². The normalized spacial score (nSPS) is 20.0. The summed E-state index contributed by atoms with van der Waals surface area (Å²) in [6.45, 7) is 4.63. The molecular formula is C19H26N8O. The average Bonchev–Trinajstić information content (AvgIpc) is 3.27. The summed E-state index contributed by atoms with van der Waals surface area (Å²) in [7, 11) is 1.88. The molecule has 0 bridgehead atoms. The molecule has 0 aliphatic carbocycles. The lowest BCUT2D eigenvalue weighted by atomic mass is 9.91. The number of rotatable bonds is 4. The molecular weight excluding hydrogens is 356 g/mol.